The van der Waals surface area contributed by atoms with Gasteiger partial charge in [-0.2, -0.15) is 0 Å². The summed E-state index contributed by atoms with van der Waals surface area (Å²) in [6.45, 7) is 1.57. The molecule has 1 N–H and O–H groups in total. The first-order chi connectivity index (χ1) is 4.79. The highest BCUT2D eigenvalue weighted by atomic mass is 16.1. The van der Waals surface area contributed by atoms with E-state index in [1.165, 1.54) is 12.8 Å². The van der Waals surface area contributed by atoms with Gasteiger partial charge in [-0.3, -0.25) is 4.79 Å². The molecule has 0 spiro atoms. The Bertz CT molecular complexity index is 116. The van der Waals surface area contributed by atoms with Gasteiger partial charge in [0.15, 0.2) is 0 Å². The van der Waals surface area contributed by atoms with Gasteiger partial charge in [0.25, 0.3) is 0 Å². The number of hydrogen-bond acceptors (Lipinski definition) is 1. The zero-order valence-corrected chi connectivity index (χ0v) is 6.39. The number of carbonyl (C=O) groups is 1. The molecule has 0 aromatic rings. The van der Waals surface area contributed by atoms with Crippen LogP contribution in [-0.4, -0.2) is 11.9 Å². The Morgan fingerprint density at radius 1 is 1.60 bits per heavy atom. The number of carbonyl (C=O) groups excluding carboxylic acids is 1. The van der Waals surface area contributed by atoms with Crippen LogP contribution in [0.1, 0.15) is 32.6 Å². The quantitative estimate of drug-likeness (QED) is 0.584. The van der Waals surface area contributed by atoms with Crippen LogP contribution >= 0.6 is 0 Å². The second kappa shape index (κ2) is 3.59. The van der Waals surface area contributed by atoms with Crippen LogP contribution in [0.25, 0.3) is 0 Å². The van der Waals surface area contributed by atoms with E-state index in [-0.39, 0.29) is 5.91 Å². The predicted octanol–water partition coefficient (Wildman–Crippen LogP) is 1.27. The van der Waals surface area contributed by atoms with Crippen molar-refractivity contribution >= 4 is 5.91 Å². The molecule has 0 aromatic heterocycles. The van der Waals surface area contributed by atoms with Crippen molar-refractivity contribution < 1.29 is 4.79 Å². The Kier molecular flexibility index (Phi) is 2.72. The third kappa shape index (κ3) is 2.38. The highest BCUT2D eigenvalue weighted by Crippen LogP contribution is 2.15. The average Bonchev–Trinajstić information content (AvgIpc) is 1.88. The number of hydrogen-bond donors (Lipinski definition) is 1. The summed E-state index contributed by atoms with van der Waals surface area (Å²) in [4.78, 5) is 10.6. The SMILES string of the molecule is CC(=O)NC1[CH]CCCC1. The summed E-state index contributed by atoms with van der Waals surface area (Å²) in [6.07, 6.45) is 7.02. The zero-order valence-electron chi connectivity index (χ0n) is 6.39. The Hall–Kier alpha value is -0.530. The number of amides is 1. The molecule has 0 bridgehead atoms. The highest BCUT2D eigenvalue weighted by Gasteiger charge is 2.13. The highest BCUT2D eigenvalue weighted by molar-refractivity contribution is 5.73. The summed E-state index contributed by atoms with van der Waals surface area (Å²) in [5.74, 6) is 0.0863. The van der Waals surface area contributed by atoms with Crippen molar-refractivity contribution in [3.8, 4) is 0 Å². The maximum absolute atomic E-state index is 10.6. The van der Waals surface area contributed by atoms with Crippen molar-refractivity contribution in [1.29, 1.82) is 0 Å². The Morgan fingerprint density at radius 2 is 2.40 bits per heavy atom. The van der Waals surface area contributed by atoms with E-state index >= 15 is 0 Å². The molecule has 57 valence electrons. The third-order valence-corrected chi connectivity index (χ3v) is 1.81. The van der Waals surface area contributed by atoms with Crippen LogP contribution in [0.15, 0.2) is 0 Å². The maximum Gasteiger partial charge on any atom is 0.217 e. The van der Waals surface area contributed by atoms with Crippen LogP contribution in [0.5, 0.6) is 0 Å². The van der Waals surface area contributed by atoms with Gasteiger partial charge in [0.05, 0.1) is 0 Å². The van der Waals surface area contributed by atoms with E-state index in [0.29, 0.717) is 6.04 Å². The van der Waals surface area contributed by atoms with Crippen LogP contribution < -0.4 is 5.32 Å². The minimum atomic E-state index is 0.0863. The molecule has 0 aliphatic heterocycles. The van der Waals surface area contributed by atoms with Crippen molar-refractivity contribution in [2.24, 2.45) is 0 Å². The Morgan fingerprint density at radius 3 is 2.90 bits per heavy atom. The minimum Gasteiger partial charge on any atom is -0.353 e. The maximum atomic E-state index is 10.6. The molecule has 1 rings (SSSR count). The molecule has 1 saturated carbocycles. The minimum absolute atomic E-state index is 0.0863. The van der Waals surface area contributed by atoms with Crippen LogP contribution in [0.2, 0.25) is 0 Å². The summed E-state index contributed by atoms with van der Waals surface area (Å²) in [6, 6.07) is 0.353. The predicted molar refractivity (Wildman–Crippen MR) is 40.4 cm³/mol. The lowest BCUT2D eigenvalue weighted by Crippen LogP contribution is -2.34. The molecule has 1 unspecified atom stereocenters. The molecule has 10 heavy (non-hydrogen) atoms. The van der Waals surface area contributed by atoms with Crippen molar-refractivity contribution in [3.05, 3.63) is 6.42 Å². The van der Waals surface area contributed by atoms with Crippen LogP contribution in [0.4, 0.5) is 0 Å². The van der Waals surface area contributed by atoms with Gasteiger partial charge < -0.3 is 5.32 Å². The van der Waals surface area contributed by atoms with Crippen LogP contribution in [0.3, 0.4) is 0 Å². The number of rotatable bonds is 1. The normalized spacial score (nSPS) is 20.5. The van der Waals surface area contributed by atoms with Crippen molar-refractivity contribution in [2.45, 2.75) is 38.6 Å². The standard InChI is InChI=1S/C8H14NO/c1-7(10)9-8-5-3-2-4-6-8/h5,8H,2-4,6H2,1H3,(H,9,10). The second-order valence-electron chi connectivity index (χ2n) is 2.83. The summed E-state index contributed by atoms with van der Waals surface area (Å²) >= 11 is 0. The largest absolute Gasteiger partial charge is 0.353 e. The molecule has 1 aliphatic carbocycles. The van der Waals surface area contributed by atoms with E-state index in [1.807, 2.05) is 0 Å². The average molecular weight is 140 g/mol. The number of nitrogens with one attached hydrogen (secondary N) is 1. The van der Waals surface area contributed by atoms with Crippen molar-refractivity contribution in [2.75, 3.05) is 0 Å². The molecule has 1 aliphatic rings. The summed E-state index contributed by atoms with van der Waals surface area (Å²) in [5.41, 5.74) is 0. The molecule has 1 fully saturated rings. The monoisotopic (exact) mass is 140 g/mol. The molecule has 2 nitrogen and oxygen atoms in total. The zero-order chi connectivity index (χ0) is 7.40. The molecule has 1 atom stereocenters. The first kappa shape index (κ1) is 7.58. The van der Waals surface area contributed by atoms with E-state index in [4.69, 9.17) is 0 Å². The third-order valence-electron chi connectivity index (χ3n) is 1.81. The fraction of sp³-hybridized carbons (Fsp3) is 0.750. The smallest absolute Gasteiger partial charge is 0.217 e. The molecular weight excluding hydrogens is 126 g/mol. The van der Waals surface area contributed by atoms with Gasteiger partial charge in [-0.1, -0.05) is 12.8 Å². The van der Waals surface area contributed by atoms with E-state index in [9.17, 15) is 4.79 Å². The summed E-state index contributed by atoms with van der Waals surface area (Å²) < 4.78 is 0. The molecule has 0 heterocycles. The Balaban J connectivity index is 2.19. The van der Waals surface area contributed by atoms with Crippen molar-refractivity contribution in [1.82, 2.24) is 5.32 Å². The molecular formula is C8H14NO. The van der Waals surface area contributed by atoms with Gasteiger partial charge in [0.1, 0.15) is 0 Å². The summed E-state index contributed by atoms with van der Waals surface area (Å²) in [7, 11) is 0. The molecule has 1 radical (unpaired) electrons. The summed E-state index contributed by atoms with van der Waals surface area (Å²) in [5, 5.41) is 2.89. The van der Waals surface area contributed by atoms with Gasteiger partial charge in [0.2, 0.25) is 5.91 Å². The van der Waals surface area contributed by atoms with Gasteiger partial charge in [-0.15, -0.1) is 0 Å². The van der Waals surface area contributed by atoms with E-state index in [0.717, 1.165) is 12.8 Å². The first-order valence-electron chi connectivity index (χ1n) is 3.89. The Labute approximate surface area is 62.0 Å². The molecule has 2 heteroatoms. The van der Waals surface area contributed by atoms with Crippen molar-refractivity contribution in [3.63, 3.8) is 0 Å². The fourth-order valence-electron chi connectivity index (χ4n) is 1.34. The van der Waals surface area contributed by atoms with Crippen LogP contribution in [0, 0.1) is 6.42 Å². The molecule has 0 aromatic carbocycles. The van der Waals surface area contributed by atoms with Gasteiger partial charge in [-0.25, -0.2) is 0 Å². The van der Waals surface area contributed by atoms with E-state index in [1.54, 1.807) is 6.92 Å². The van der Waals surface area contributed by atoms with Gasteiger partial charge in [-0.05, 0) is 19.3 Å². The van der Waals surface area contributed by atoms with Crippen LogP contribution in [-0.2, 0) is 4.79 Å². The first-order valence-corrected chi connectivity index (χ1v) is 3.89. The van der Waals surface area contributed by atoms with Gasteiger partial charge >= 0.3 is 0 Å². The topological polar surface area (TPSA) is 29.1 Å². The van der Waals surface area contributed by atoms with Gasteiger partial charge in [0, 0.05) is 13.0 Å². The lowest BCUT2D eigenvalue weighted by molar-refractivity contribution is -0.119. The molecule has 1 amide bonds. The molecule has 0 saturated heterocycles. The van der Waals surface area contributed by atoms with E-state index in [2.05, 4.69) is 11.7 Å². The lowest BCUT2D eigenvalue weighted by atomic mass is 9.95. The fourth-order valence-corrected chi connectivity index (χ4v) is 1.34. The van der Waals surface area contributed by atoms with E-state index < -0.39 is 0 Å². The lowest BCUT2D eigenvalue weighted by Gasteiger charge is -2.21. The second-order valence-corrected chi connectivity index (χ2v) is 2.83.